The van der Waals surface area contributed by atoms with Gasteiger partial charge in [-0.2, -0.15) is 0 Å². The van der Waals surface area contributed by atoms with Gasteiger partial charge in [-0.25, -0.2) is 4.79 Å². The van der Waals surface area contributed by atoms with Gasteiger partial charge in [0.05, 0.1) is 0 Å². The molecule has 0 aromatic heterocycles. The normalized spacial score (nSPS) is 15.5. The van der Waals surface area contributed by atoms with Crippen molar-refractivity contribution in [3.8, 4) is 0 Å². The fourth-order valence-electron chi connectivity index (χ4n) is 3.57. The molecular weight excluding hydrogens is 424 g/mol. The van der Waals surface area contributed by atoms with Gasteiger partial charge in [0, 0.05) is 58.4 Å². The Balaban J connectivity index is 2.11. The van der Waals surface area contributed by atoms with Crippen LogP contribution in [0.15, 0.2) is 30.3 Å². The number of likely N-dealkylation sites (N-methyl/N-ethyl adjacent to an activating group) is 1. The molecule has 8 heteroatoms. The van der Waals surface area contributed by atoms with E-state index in [2.05, 4.69) is 31.1 Å². The van der Waals surface area contributed by atoms with E-state index in [9.17, 15) is 14.4 Å². The molecule has 1 saturated heterocycles. The Kier molecular flexibility index (Phi) is 11.0. The van der Waals surface area contributed by atoms with Gasteiger partial charge in [0.15, 0.2) is 5.12 Å². The first-order valence-electron chi connectivity index (χ1n) is 11.5. The van der Waals surface area contributed by atoms with Crippen molar-refractivity contribution in [3.63, 3.8) is 0 Å². The Morgan fingerprint density at radius 1 is 1.06 bits per heavy atom. The van der Waals surface area contributed by atoms with E-state index in [4.69, 9.17) is 0 Å². The Morgan fingerprint density at radius 3 is 2.31 bits per heavy atom. The minimum absolute atomic E-state index is 0.0303. The van der Waals surface area contributed by atoms with Crippen molar-refractivity contribution in [2.45, 2.75) is 39.7 Å². The molecule has 0 unspecified atom stereocenters. The lowest BCUT2D eigenvalue weighted by molar-refractivity contribution is -0.134. The van der Waals surface area contributed by atoms with Gasteiger partial charge in [-0.15, -0.1) is 0 Å². The van der Waals surface area contributed by atoms with Crippen molar-refractivity contribution in [1.82, 2.24) is 20.0 Å². The van der Waals surface area contributed by atoms with E-state index in [1.807, 2.05) is 35.2 Å². The fourth-order valence-corrected chi connectivity index (χ4v) is 4.17. The van der Waals surface area contributed by atoms with Crippen LogP contribution in [0.25, 0.3) is 0 Å². The summed E-state index contributed by atoms with van der Waals surface area (Å²) in [6, 6.07) is 8.95. The molecule has 7 nitrogen and oxygen atoms in total. The van der Waals surface area contributed by atoms with Crippen molar-refractivity contribution in [3.05, 3.63) is 35.9 Å². The first-order valence-corrected chi connectivity index (χ1v) is 12.4. The van der Waals surface area contributed by atoms with Crippen LogP contribution in [-0.2, 0) is 16.0 Å². The average molecular weight is 463 g/mol. The highest BCUT2D eigenvalue weighted by Crippen LogP contribution is 2.11. The summed E-state index contributed by atoms with van der Waals surface area (Å²) in [6.45, 7) is 9.86. The Bertz CT molecular complexity index is 736. The maximum atomic E-state index is 13.4. The lowest BCUT2D eigenvalue weighted by Crippen LogP contribution is -2.57. The third kappa shape index (κ3) is 9.20. The monoisotopic (exact) mass is 462 g/mol. The highest BCUT2D eigenvalue weighted by molar-refractivity contribution is 8.13. The predicted octanol–water partition coefficient (Wildman–Crippen LogP) is 2.71. The smallest absolute Gasteiger partial charge is 0.318 e. The van der Waals surface area contributed by atoms with Crippen molar-refractivity contribution in [1.29, 1.82) is 0 Å². The first kappa shape index (κ1) is 26.2. The second kappa shape index (κ2) is 13.5. The van der Waals surface area contributed by atoms with Gasteiger partial charge >= 0.3 is 6.03 Å². The molecule has 1 aromatic carbocycles. The topological polar surface area (TPSA) is 73.0 Å². The number of thioether (sulfide) groups is 1. The van der Waals surface area contributed by atoms with Crippen molar-refractivity contribution in [2.24, 2.45) is 5.92 Å². The zero-order valence-electron chi connectivity index (χ0n) is 19.9. The van der Waals surface area contributed by atoms with Crippen molar-refractivity contribution in [2.75, 3.05) is 52.1 Å². The van der Waals surface area contributed by atoms with Gasteiger partial charge in [0.25, 0.3) is 0 Å². The zero-order chi connectivity index (χ0) is 23.5. The molecule has 1 atom stereocenters. The number of hydrogen-bond acceptors (Lipinski definition) is 5. The average Bonchev–Trinajstić information content (AvgIpc) is 2.76. The Morgan fingerprint density at radius 2 is 1.72 bits per heavy atom. The number of benzene rings is 1. The van der Waals surface area contributed by atoms with E-state index < -0.39 is 6.04 Å². The number of rotatable bonds is 10. The zero-order valence-corrected chi connectivity index (χ0v) is 20.7. The second-order valence-electron chi connectivity index (χ2n) is 8.83. The molecule has 0 bridgehead atoms. The largest absolute Gasteiger partial charge is 0.338 e. The Labute approximate surface area is 196 Å². The van der Waals surface area contributed by atoms with Crippen molar-refractivity contribution >= 4 is 28.8 Å². The van der Waals surface area contributed by atoms with E-state index >= 15 is 0 Å². The molecule has 1 aliphatic rings. The summed E-state index contributed by atoms with van der Waals surface area (Å²) in [6.07, 6.45) is 1.33. The summed E-state index contributed by atoms with van der Waals surface area (Å²) in [4.78, 5) is 43.7. The second-order valence-corrected chi connectivity index (χ2v) is 10.1. The van der Waals surface area contributed by atoms with Crippen LogP contribution in [0.2, 0.25) is 0 Å². The van der Waals surface area contributed by atoms with Crippen molar-refractivity contribution < 1.29 is 14.4 Å². The molecule has 178 valence electrons. The number of urea groups is 1. The molecule has 0 saturated carbocycles. The summed E-state index contributed by atoms with van der Waals surface area (Å²) in [5.74, 6) is 0.978. The van der Waals surface area contributed by atoms with Crippen LogP contribution < -0.4 is 5.32 Å². The van der Waals surface area contributed by atoms with Gasteiger partial charge in [0.2, 0.25) is 5.91 Å². The summed E-state index contributed by atoms with van der Waals surface area (Å²) in [5, 5.41) is 3.07. The van der Waals surface area contributed by atoms with E-state index in [1.165, 1.54) is 18.7 Å². The summed E-state index contributed by atoms with van der Waals surface area (Å²) >= 11 is 1.22. The van der Waals surface area contributed by atoms with Crippen LogP contribution in [0.5, 0.6) is 0 Å². The lowest BCUT2D eigenvalue weighted by atomic mass is 10.0. The maximum Gasteiger partial charge on any atom is 0.318 e. The van der Waals surface area contributed by atoms with Gasteiger partial charge in [-0.05, 0) is 24.9 Å². The molecule has 0 aliphatic carbocycles. The first-order chi connectivity index (χ1) is 15.3. The molecule has 1 N–H and O–H groups in total. The van der Waals surface area contributed by atoms with Crippen LogP contribution in [0.4, 0.5) is 4.79 Å². The van der Waals surface area contributed by atoms with Gasteiger partial charge in [-0.3, -0.25) is 9.59 Å². The number of piperazine rings is 1. The minimum atomic E-state index is -0.615. The van der Waals surface area contributed by atoms with Crippen LogP contribution in [0, 0.1) is 5.92 Å². The fraction of sp³-hybridized carbons (Fsp3) is 0.625. The number of amides is 3. The summed E-state index contributed by atoms with van der Waals surface area (Å²) < 4.78 is 0. The van der Waals surface area contributed by atoms with Crippen LogP contribution >= 0.6 is 11.8 Å². The standard InChI is InChI=1S/C24H38N4O3S/c1-19(2)10-11-28(16-17-32-20(3)29)24(31)25-22(18-21-8-6-5-7-9-21)23(30)27-14-12-26(4)13-15-27/h5-9,19,22H,10-18H2,1-4H3,(H,25,31)/t22-/m0/s1. The van der Waals surface area contributed by atoms with E-state index in [0.717, 1.165) is 25.1 Å². The molecule has 32 heavy (non-hydrogen) atoms. The molecule has 1 aromatic rings. The summed E-state index contributed by atoms with van der Waals surface area (Å²) in [7, 11) is 2.05. The Hall–Kier alpha value is -2.06. The number of nitrogens with zero attached hydrogens (tertiary/aromatic N) is 3. The molecule has 2 rings (SSSR count). The molecule has 1 aliphatic heterocycles. The molecule has 0 radical (unpaired) electrons. The highest BCUT2D eigenvalue weighted by atomic mass is 32.2. The van der Waals surface area contributed by atoms with E-state index in [-0.39, 0.29) is 17.1 Å². The van der Waals surface area contributed by atoms with Crippen LogP contribution in [-0.4, -0.2) is 89.9 Å². The number of carbonyl (C=O) groups excluding carboxylic acids is 3. The van der Waals surface area contributed by atoms with Gasteiger partial charge in [-0.1, -0.05) is 55.9 Å². The number of carbonyl (C=O) groups is 3. The maximum absolute atomic E-state index is 13.4. The molecule has 3 amide bonds. The highest BCUT2D eigenvalue weighted by Gasteiger charge is 2.29. The molecular formula is C24H38N4O3S. The van der Waals surface area contributed by atoms with Crippen LogP contribution in [0.3, 0.4) is 0 Å². The number of hydrogen-bond donors (Lipinski definition) is 1. The minimum Gasteiger partial charge on any atom is -0.338 e. The quantitative estimate of drug-likeness (QED) is 0.579. The molecule has 1 fully saturated rings. The molecule has 1 heterocycles. The number of nitrogens with one attached hydrogen (secondary N) is 1. The SMILES string of the molecule is CC(=O)SCCN(CCC(C)C)C(=O)N[C@@H](Cc1ccccc1)C(=O)N1CCN(C)CC1. The third-order valence-electron chi connectivity index (χ3n) is 5.62. The lowest BCUT2D eigenvalue weighted by Gasteiger charge is -2.35. The third-order valence-corrected chi connectivity index (χ3v) is 6.42. The van der Waals surface area contributed by atoms with Gasteiger partial charge < -0.3 is 20.0 Å². The molecule has 0 spiro atoms. The van der Waals surface area contributed by atoms with Gasteiger partial charge in [0.1, 0.15) is 6.04 Å². The predicted molar refractivity (Wildman–Crippen MR) is 131 cm³/mol. The van der Waals surface area contributed by atoms with Crippen LogP contribution in [0.1, 0.15) is 32.8 Å². The summed E-state index contributed by atoms with van der Waals surface area (Å²) in [5.41, 5.74) is 1.01. The van der Waals surface area contributed by atoms with E-state index in [1.54, 1.807) is 4.90 Å². The van der Waals surface area contributed by atoms with E-state index in [0.29, 0.717) is 44.3 Å².